The van der Waals surface area contributed by atoms with Crippen molar-refractivity contribution in [3.05, 3.63) is 26.4 Å². The smallest absolute Gasteiger partial charge is 0.255 e. The van der Waals surface area contributed by atoms with Crippen LogP contribution in [0.15, 0.2) is 4.79 Å². The van der Waals surface area contributed by atoms with Crippen molar-refractivity contribution in [2.24, 2.45) is 5.92 Å². The van der Waals surface area contributed by atoms with Gasteiger partial charge in [-0.1, -0.05) is 13.8 Å². The third-order valence-electron chi connectivity index (χ3n) is 2.86. The number of aromatic amines is 2. The van der Waals surface area contributed by atoms with Crippen molar-refractivity contribution >= 4 is 12.2 Å². The Balaban J connectivity index is 2.65. The number of rotatable bonds is 0. The van der Waals surface area contributed by atoms with E-state index in [0.29, 0.717) is 16.6 Å². The van der Waals surface area contributed by atoms with Gasteiger partial charge in [0.05, 0.1) is 0 Å². The molecule has 1 aliphatic rings. The van der Waals surface area contributed by atoms with E-state index >= 15 is 0 Å². The molecule has 1 heterocycles. The van der Waals surface area contributed by atoms with Crippen molar-refractivity contribution in [3.63, 3.8) is 0 Å². The molecule has 2 atom stereocenters. The predicted molar refractivity (Wildman–Crippen MR) is 58.1 cm³/mol. The quantitative estimate of drug-likeness (QED) is 0.644. The lowest BCUT2D eigenvalue weighted by Crippen LogP contribution is -2.26. The molecule has 14 heavy (non-hydrogen) atoms. The molecule has 0 fully saturated rings. The van der Waals surface area contributed by atoms with Crippen molar-refractivity contribution in [2.75, 3.05) is 0 Å². The van der Waals surface area contributed by atoms with Gasteiger partial charge in [0.25, 0.3) is 5.56 Å². The van der Waals surface area contributed by atoms with Crippen LogP contribution in [0.5, 0.6) is 0 Å². The molecule has 0 radical (unpaired) electrons. The highest BCUT2D eigenvalue weighted by molar-refractivity contribution is 7.71. The fourth-order valence-electron chi connectivity index (χ4n) is 2.38. The lowest BCUT2D eigenvalue weighted by Gasteiger charge is -2.25. The maximum absolute atomic E-state index is 11.7. The Morgan fingerprint density at radius 2 is 2.07 bits per heavy atom. The molecule has 1 aliphatic carbocycles. The minimum Gasteiger partial charge on any atom is -0.336 e. The maximum Gasteiger partial charge on any atom is 0.255 e. The van der Waals surface area contributed by atoms with Crippen molar-refractivity contribution in [3.8, 4) is 0 Å². The minimum atomic E-state index is -0.0110. The number of hydrogen-bond acceptors (Lipinski definition) is 2. The second-order valence-electron chi connectivity index (χ2n) is 4.25. The van der Waals surface area contributed by atoms with Crippen LogP contribution in [0.3, 0.4) is 0 Å². The van der Waals surface area contributed by atoms with E-state index < -0.39 is 0 Å². The molecule has 0 aliphatic heterocycles. The van der Waals surface area contributed by atoms with E-state index in [-0.39, 0.29) is 5.56 Å². The summed E-state index contributed by atoms with van der Waals surface area (Å²) in [6, 6.07) is 0. The number of H-pyrrole nitrogens is 2. The Hall–Kier alpha value is -0.900. The molecule has 2 unspecified atom stereocenters. The molecule has 1 aromatic heterocycles. The summed E-state index contributed by atoms with van der Waals surface area (Å²) in [5, 5.41) is 0. The molecule has 0 amide bonds. The van der Waals surface area contributed by atoms with Gasteiger partial charge in [-0.2, -0.15) is 0 Å². The molecule has 0 saturated heterocycles. The molecule has 0 spiro atoms. The molecule has 0 bridgehead atoms. The van der Waals surface area contributed by atoms with Crippen LogP contribution in [0.2, 0.25) is 0 Å². The predicted octanol–water partition coefficient (Wildman–Crippen LogP) is 2.12. The summed E-state index contributed by atoms with van der Waals surface area (Å²) in [6.45, 7) is 4.30. The third kappa shape index (κ3) is 1.54. The summed E-state index contributed by atoms with van der Waals surface area (Å²) < 4.78 is 0.440. The van der Waals surface area contributed by atoms with Gasteiger partial charge in [-0.25, -0.2) is 0 Å². The molecule has 0 saturated carbocycles. The molecule has 2 rings (SSSR count). The zero-order chi connectivity index (χ0) is 10.3. The van der Waals surface area contributed by atoms with Gasteiger partial charge < -0.3 is 4.98 Å². The number of aromatic nitrogens is 2. The summed E-state index contributed by atoms with van der Waals surface area (Å²) in [7, 11) is 0. The fraction of sp³-hybridized carbons (Fsp3) is 0.600. The molecule has 4 heteroatoms. The van der Waals surface area contributed by atoms with Crippen molar-refractivity contribution < 1.29 is 0 Å². The van der Waals surface area contributed by atoms with Crippen LogP contribution >= 0.6 is 12.2 Å². The third-order valence-corrected chi connectivity index (χ3v) is 3.07. The maximum atomic E-state index is 11.7. The van der Waals surface area contributed by atoms with E-state index in [1.807, 2.05) is 0 Å². The van der Waals surface area contributed by atoms with E-state index in [2.05, 4.69) is 23.8 Å². The first-order chi connectivity index (χ1) is 6.58. The summed E-state index contributed by atoms with van der Waals surface area (Å²) in [5.41, 5.74) is 1.92. The largest absolute Gasteiger partial charge is 0.336 e. The first-order valence-corrected chi connectivity index (χ1v) is 5.34. The van der Waals surface area contributed by atoms with Crippen LogP contribution in [-0.2, 0) is 6.42 Å². The van der Waals surface area contributed by atoms with Gasteiger partial charge in [0.1, 0.15) is 0 Å². The van der Waals surface area contributed by atoms with Gasteiger partial charge in [-0.05, 0) is 36.9 Å². The highest BCUT2D eigenvalue weighted by Crippen LogP contribution is 2.30. The first-order valence-electron chi connectivity index (χ1n) is 4.93. The van der Waals surface area contributed by atoms with Crippen molar-refractivity contribution in [2.45, 2.75) is 32.6 Å². The average molecular weight is 210 g/mol. The van der Waals surface area contributed by atoms with Crippen LogP contribution < -0.4 is 5.56 Å². The topological polar surface area (TPSA) is 48.6 Å². The van der Waals surface area contributed by atoms with Crippen molar-refractivity contribution in [1.82, 2.24) is 9.97 Å². The van der Waals surface area contributed by atoms with Crippen LogP contribution in [-0.4, -0.2) is 9.97 Å². The van der Waals surface area contributed by atoms with E-state index in [9.17, 15) is 4.79 Å². The Morgan fingerprint density at radius 1 is 1.36 bits per heavy atom. The lowest BCUT2D eigenvalue weighted by molar-refractivity contribution is 0.437. The second-order valence-corrected chi connectivity index (χ2v) is 4.65. The van der Waals surface area contributed by atoms with E-state index in [1.54, 1.807) is 0 Å². The van der Waals surface area contributed by atoms with Gasteiger partial charge in [0.15, 0.2) is 4.77 Å². The van der Waals surface area contributed by atoms with Gasteiger partial charge in [0, 0.05) is 11.3 Å². The monoisotopic (exact) mass is 210 g/mol. The van der Waals surface area contributed by atoms with E-state index in [1.165, 1.54) is 0 Å². The Labute approximate surface area is 87.6 Å². The Kier molecular flexibility index (Phi) is 2.31. The number of nitrogens with one attached hydrogen (secondary N) is 2. The van der Waals surface area contributed by atoms with Gasteiger partial charge in [0.2, 0.25) is 0 Å². The summed E-state index contributed by atoms with van der Waals surface area (Å²) >= 11 is 4.95. The average Bonchev–Trinajstić information content (AvgIpc) is 1.99. The van der Waals surface area contributed by atoms with Crippen LogP contribution in [0, 0.1) is 10.7 Å². The second kappa shape index (κ2) is 3.35. The lowest BCUT2D eigenvalue weighted by atomic mass is 9.81. The molecule has 76 valence electrons. The molecule has 0 aromatic carbocycles. The molecular weight excluding hydrogens is 196 g/mol. The normalized spacial score (nSPS) is 25.9. The van der Waals surface area contributed by atoms with Crippen LogP contribution in [0.4, 0.5) is 0 Å². The summed E-state index contributed by atoms with van der Waals surface area (Å²) in [5.74, 6) is 0.967. The molecule has 1 aromatic rings. The molecule has 2 N–H and O–H groups in total. The van der Waals surface area contributed by atoms with E-state index in [0.717, 1.165) is 24.1 Å². The van der Waals surface area contributed by atoms with Crippen LogP contribution in [0.25, 0.3) is 0 Å². The van der Waals surface area contributed by atoms with Gasteiger partial charge in [-0.15, -0.1) is 0 Å². The standard InChI is InChI=1S/C10H14N2OS/c1-5-3-6(2)8-7(4-5)11-10(14)12-9(8)13/h5-6H,3-4H2,1-2H3,(H2,11,12,13,14). The van der Waals surface area contributed by atoms with Gasteiger partial charge >= 0.3 is 0 Å². The fourth-order valence-corrected chi connectivity index (χ4v) is 2.59. The van der Waals surface area contributed by atoms with Gasteiger partial charge in [-0.3, -0.25) is 9.78 Å². The zero-order valence-electron chi connectivity index (χ0n) is 8.39. The highest BCUT2D eigenvalue weighted by atomic mass is 32.1. The van der Waals surface area contributed by atoms with Crippen LogP contribution in [0.1, 0.15) is 37.4 Å². The van der Waals surface area contributed by atoms with E-state index in [4.69, 9.17) is 12.2 Å². The zero-order valence-corrected chi connectivity index (χ0v) is 9.20. The number of hydrogen-bond donors (Lipinski definition) is 2. The Morgan fingerprint density at radius 3 is 2.79 bits per heavy atom. The highest BCUT2D eigenvalue weighted by Gasteiger charge is 2.24. The molecule has 3 nitrogen and oxygen atoms in total. The number of fused-ring (bicyclic) bond motifs is 1. The van der Waals surface area contributed by atoms with Crippen molar-refractivity contribution in [1.29, 1.82) is 0 Å². The SMILES string of the molecule is CC1Cc2[nH]c(=S)[nH]c(=O)c2C(C)C1. The summed E-state index contributed by atoms with van der Waals surface area (Å²) in [4.78, 5) is 17.4. The summed E-state index contributed by atoms with van der Waals surface area (Å²) in [6.07, 6.45) is 2.02. The first kappa shape index (κ1) is 9.65. The Bertz CT molecular complexity index is 460. The minimum absolute atomic E-state index is 0.0110. The molecular formula is C10H14N2OS.